The average molecular weight is 259 g/mol. The molecule has 1 amide bonds. The zero-order chi connectivity index (χ0) is 12.0. The van der Waals surface area contributed by atoms with Crippen LogP contribution in [0.3, 0.4) is 0 Å². The lowest BCUT2D eigenvalue weighted by molar-refractivity contribution is -0.117. The second-order valence-electron chi connectivity index (χ2n) is 3.36. The summed E-state index contributed by atoms with van der Waals surface area (Å²) in [5.74, 6) is 0.680. The highest BCUT2D eigenvalue weighted by atomic mass is 35.5. The summed E-state index contributed by atoms with van der Waals surface area (Å²) in [6.07, 6.45) is 2.65. The van der Waals surface area contributed by atoms with Crippen LogP contribution in [0.2, 0.25) is 5.02 Å². The lowest BCUT2D eigenvalue weighted by Gasteiger charge is -2.12. The molecular formula is C11H15ClN2OS. The van der Waals surface area contributed by atoms with Crippen LogP contribution < -0.4 is 11.1 Å². The molecule has 0 heterocycles. The minimum atomic E-state index is -0.483. The van der Waals surface area contributed by atoms with Crippen molar-refractivity contribution in [2.24, 2.45) is 5.73 Å². The second-order valence-corrected chi connectivity index (χ2v) is 4.75. The maximum atomic E-state index is 11.7. The van der Waals surface area contributed by atoms with Crippen LogP contribution >= 0.6 is 23.4 Å². The zero-order valence-corrected chi connectivity index (χ0v) is 10.6. The summed E-state index contributed by atoms with van der Waals surface area (Å²) in [5.41, 5.74) is 6.34. The quantitative estimate of drug-likeness (QED) is 0.853. The molecule has 0 aliphatic rings. The number of rotatable bonds is 5. The van der Waals surface area contributed by atoms with Crippen LogP contribution in [0, 0.1) is 0 Å². The lowest BCUT2D eigenvalue weighted by Crippen LogP contribution is -2.36. The molecule has 0 spiro atoms. The van der Waals surface area contributed by atoms with Crippen LogP contribution in [0.5, 0.6) is 0 Å². The summed E-state index contributed by atoms with van der Waals surface area (Å²) in [5, 5.41) is 3.23. The van der Waals surface area contributed by atoms with Crippen molar-refractivity contribution in [3.05, 3.63) is 29.3 Å². The van der Waals surface area contributed by atoms with Crippen LogP contribution in [-0.4, -0.2) is 24.0 Å². The molecule has 88 valence electrons. The zero-order valence-electron chi connectivity index (χ0n) is 9.07. The number of para-hydroxylation sites is 1. The molecule has 0 aromatic heterocycles. The van der Waals surface area contributed by atoms with Crippen LogP contribution in [0.15, 0.2) is 24.3 Å². The van der Waals surface area contributed by atoms with Gasteiger partial charge in [0.15, 0.2) is 0 Å². The fourth-order valence-corrected chi connectivity index (χ4v) is 1.84. The minimum absolute atomic E-state index is 0.192. The Bertz CT molecular complexity index is 360. The van der Waals surface area contributed by atoms with Gasteiger partial charge in [-0.2, -0.15) is 11.8 Å². The molecule has 16 heavy (non-hydrogen) atoms. The number of carbonyl (C=O) groups is 1. The van der Waals surface area contributed by atoms with Crippen molar-refractivity contribution in [2.75, 3.05) is 17.3 Å². The number of halogens is 1. The summed E-state index contributed by atoms with van der Waals surface area (Å²) in [6, 6.07) is 6.62. The standard InChI is InChI=1S/C11H15ClN2OS/c1-16-7-6-9(13)11(15)14-10-5-3-2-4-8(10)12/h2-5,9H,6-7,13H2,1H3,(H,14,15)/t9-/m0/s1. The average Bonchev–Trinajstić information content (AvgIpc) is 2.28. The highest BCUT2D eigenvalue weighted by Crippen LogP contribution is 2.20. The van der Waals surface area contributed by atoms with Crippen molar-refractivity contribution in [3.8, 4) is 0 Å². The van der Waals surface area contributed by atoms with Gasteiger partial charge in [-0.25, -0.2) is 0 Å². The van der Waals surface area contributed by atoms with Gasteiger partial charge >= 0.3 is 0 Å². The van der Waals surface area contributed by atoms with E-state index in [2.05, 4.69) is 5.32 Å². The molecule has 0 bridgehead atoms. The number of benzene rings is 1. The van der Waals surface area contributed by atoms with Gasteiger partial charge in [-0.3, -0.25) is 4.79 Å². The molecule has 1 rings (SSSR count). The summed E-state index contributed by atoms with van der Waals surface area (Å²) in [6.45, 7) is 0. The smallest absolute Gasteiger partial charge is 0.241 e. The number of anilines is 1. The van der Waals surface area contributed by atoms with E-state index in [9.17, 15) is 4.79 Å². The molecule has 0 aliphatic carbocycles. The number of nitrogens with two attached hydrogens (primary N) is 1. The first kappa shape index (κ1) is 13.4. The van der Waals surface area contributed by atoms with Gasteiger partial charge < -0.3 is 11.1 Å². The Morgan fingerprint density at radius 1 is 1.56 bits per heavy atom. The van der Waals surface area contributed by atoms with Gasteiger partial charge in [0.25, 0.3) is 0 Å². The van der Waals surface area contributed by atoms with Crippen molar-refractivity contribution in [3.63, 3.8) is 0 Å². The molecule has 3 N–H and O–H groups in total. The first-order valence-electron chi connectivity index (χ1n) is 4.95. The van der Waals surface area contributed by atoms with Gasteiger partial charge in [0.2, 0.25) is 5.91 Å². The van der Waals surface area contributed by atoms with Gasteiger partial charge in [-0.1, -0.05) is 23.7 Å². The van der Waals surface area contributed by atoms with Gasteiger partial charge in [0, 0.05) is 0 Å². The Labute approximate surface area is 105 Å². The van der Waals surface area contributed by atoms with E-state index >= 15 is 0 Å². The number of carbonyl (C=O) groups excluding carboxylic acids is 1. The maximum Gasteiger partial charge on any atom is 0.241 e. The van der Waals surface area contributed by atoms with Crippen LogP contribution in [0.4, 0.5) is 5.69 Å². The molecule has 0 unspecified atom stereocenters. The van der Waals surface area contributed by atoms with E-state index in [0.717, 1.165) is 5.75 Å². The van der Waals surface area contributed by atoms with E-state index in [-0.39, 0.29) is 5.91 Å². The molecule has 0 aliphatic heterocycles. The third kappa shape index (κ3) is 4.04. The highest BCUT2D eigenvalue weighted by Gasteiger charge is 2.13. The van der Waals surface area contributed by atoms with Gasteiger partial charge in [0.1, 0.15) is 0 Å². The summed E-state index contributed by atoms with van der Waals surface area (Å²) in [7, 11) is 0. The van der Waals surface area contributed by atoms with Crippen molar-refractivity contribution >= 4 is 35.0 Å². The van der Waals surface area contributed by atoms with E-state index in [0.29, 0.717) is 17.1 Å². The molecule has 0 radical (unpaired) electrons. The summed E-state index contributed by atoms with van der Waals surface area (Å²) < 4.78 is 0. The fourth-order valence-electron chi connectivity index (χ4n) is 1.16. The van der Waals surface area contributed by atoms with E-state index in [1.54, 1.807) is 23.9 Å². The van der Waals surface area contributed by atoms with Crippen molar-refractivity contribution in [2.45, 2.75) is 12.5 Å². The highest BCUT2D eigenvalue weighted by molar-refractivity contribution is 7.98. The first-order chi connectivity index (χ1) is 7.65. The van der Waals surface area contributed by atoms with Crippen LogP contribution in [0.25, 0.3) is 0 Å². The molecular weight excluding hydrogens is 244 g/mol. The van der Waals surface area contributed by atoms with E-state index in [1.807, 2.05) is 18.4 Å². The molecule has 3 nitrogen and oxygen atoms in total. The first-order valence-corrected chi connectivity index (χ1v) is 6.72. The fraction of sp³-hybridized carbons (Fsp3) is 0.364. The van der Waals surface area contributed by atoms with E-state index in [1.165, 1.54) is 0 Å². The Morgan fingerprint density at radius 2 is 2.25 bits per heavy atom. The molecule has 0 fully saturated rings. The van der Waals surface area contributed by atoms with E-state index < -0.39 is 6.04 Å². The predicted octanol–water partition coefficient (Wildman–Crippen LogP) is 2.36. The largest absolute Gasteiger partial charge is 0.323 e. The Balaban J connectivity index is 2.54. The predicted molar refractivity (Wildman–Crippen MR) is 71.1 cm³/mol. The minimum Gasteiger partial charge on any atom is -0.323 e. The van der Waals surface area contributed by atoms with Gasteiger partial charge in [-0.15, -0.1) is 0 Å². The molecule has 0 saturated heterocycles. The van der Waals surface area contributed by atoms with Crippen LogP contribution in [0.1, 0.15) is 6.42 Å². The monoisotopic (exact) mass is 258 g/mol. The summed E-state index contributed by atoms with van der Waals surface area (Å²) in [4.78, 5) is 11.7. The molecule has 1 atom stereocenters. The van der Waals surface area contributed by atoms with Gasteiger partial charge in [-0.05, 0) is 30.6 Å². The topological polar surface area (TPSA) is 55.1 Å². The number of nitrogens with one attached hydrogen (secondary N) is 1. The molecule has 1 aromatic rings. The van der Waals surface area contributed by atoms with Crippen molar-refractivity contribution < 1.29 is 4.79 Å². The SMILES string of the molecule is CSCC[C@H](N)C(=O)Nc1ccccc1Cl. The second kappa shape index (κ2) is 6.78. The molecule has 0 saturated carbocycles. The number of amides is 1. The Morgan fingerprint density at radius 3 is 2.88 bits per heavy atom. The Hall–Kier alpha value is -0.710. The van der Waals surface area contributed by atoms with Crippen molar-refractivity contribution in [1.29, 1.82) is 0 Å². The maximum absolute atomic E-state index is 11.7. The third-order valence-corrected chi connectivity index (χ3v) is 3.08. The number of thioether (sulfide) groups is 1. The summed E-state index contributed by atoms with van der Waals surface area (Å²) >= 11 is 7.59. The number of hydrogen-bond acceptors (Lipinski definition) is 3. The van der Waals surface area contributed by atoms with Gasteiger partial charge in [0.05, 0.1) is 16.8 Å². The Kier molecular flexibility index (Phi) is 5.66. The van der Waals surface area contributed by atoms with Crippen molar-refractivity contribution in [1.82, 2.24) is 0 Å². The van der Waals surface area contributed by atoms with Crippen LogP contribution in [-0.2, 0) is 4.79 Å². The molecule has 1 aromatic carbocycles. The number of hydrogen-bond donors (Lipinski definition) is 2. The lowest BCUT2D eigenvalue weighted by atomic mass is 10.2. The third-order valence-electron chi connectivity index (χ3n) is 2.10. The normalized spacial score (nSPS) is 12.2. The van der Waals surface area contributed by atoms with E-state index in [4.69, 9.17) is 17.3 Å². The molecule has 5 heteroatoms.